The summed E-state index contributed by atoms with van der Waals surface area (Å²) in [6.07, 6.45) is 10.7. The number of hydrogen-bond acceptors (Lipinski definition) is 4. The fourth-order valence-electron chi connectivity index (χ4n) is 3.74. The van der Waals surface area contributed by atoms with Gasteiger partial charge >= 0.3 is 0 Å². The van der Waals surface area contributed by atoms with Gasteiger partial charge in [-0.1, -0.05) is 44.6 Å². The highest BCUT2D eigenvalue weighted by atomic mass is 32.1. The van der Waals surface area contributed by atoms with Crippen molar-refractivity contribution in [2.45, 2.75) is 64.8 Å². The minimum atomic E-state index is 0.535. The molecule has 0 amide bonds. The highest BCUT2D eigenvalue weighted by molar-refractivity contribution is 7.09. The molecular weight excluding hydrogens is 368 g/mol. The second-order valence-electron chi connectivity index (χ2n) is 7.72. The van der Waals surface area contributed by atoms with Crippen molar-refractivity contribution in [2.75, 3.05) is 13.1 Å². The first-order valence-corrected chi connectivity index (χ1v) is 11.5. The minimum Gasteiger partial charge on any atom is -0.356 e. The molecule has 2 aromatic heterocycles. The quantitative estimate of drug-likeness (QED) is 0.360. The van der Waals surface area contributed by atoms with E-state index >= 15 is 0 Å². The standard InChI is InChI=1S/C21H34N6S/c1-17-25-26-20(27(17)2)16-24-21(23-14-12-19-11-7-15-28-19)22-13-6-5-10-18-8-3-4-9-18/h7,11,15,18H,3-6,8-10,12-14,16H2,1-2H3,(H2,22,23,24). The largest absolute Gasteiger partial charge is 0.356 e. The molecule has 154 valence electrons. The zero-order valence-electron chi connectivity index (χ0n) is 17.3. The van der Waals surface area contributed by atoms with Gasteiger partial charge in [-0.15, -0.1) is 21.5 Å². The summed E-state index contributed by atoms with van der Waals surface area (Å²) in [4.78, 5) is 6.13. The Hall–Kier alpha value is -1.89. The Labute approximate surface area is 172 Å². The van der Waals surface area contributed by atoms with Crippen molar-refractivity contribution in [1.82, 2.24) is 25.4 Å². The summed E-state index contributed by atoms with van der Waals surface area (Å²) in [6.45, 7) is 4.35. The van der Waals surface area contributed by atoms with Crippen LogP contribution in [0.1, 0.15) is 61.5 Å². The van der Waals surface area contributed by atoms with Crippen LogP contribution in [-0.2, 0) is 20.0 Å². The Morgan fingerprint density at radius 2 is 2.04 bits per heavy atom. The first-order chi connectivity index (χ1) is 13.7. The number of thiophene rings is 1. The van der Waals surface area contributed by atoms with Crippen LogP contribution in [-0.4, -0.2) is 33.8 Å². The number of aliphatic imine (C=N–C) groups is 1. The number of nitrogens with zero attached hydrogens (tertiary/aromatic N) is 4. The molecule has 1 aliphatic rings. The monoisotopic (exact) mass is 402 g/mol. The number of rotatable bonds is 10. The van der Waals surface area contributed by atoms with E-state index in [4.69, 9.17) is 4.99 Å². The van der Waals surface area contributed by atoms with E-state index in [-0.39, 0.29) is 0 Å². The fraction of sp³-hybridized carbons (Fsp3) is 0.667. The van der Waals surface area contributed by atoms with Crippen LogP contribution in [0.15, 0.2) is 22.5 Å². The summed E-state index contributed by atoms with van der Waals surface area (Å²) in [5.74, 6) is 3.66. The smallest absolute Gasteiger partial charge is 0.191 e. The van der Waals surface area contributed by atoms with Crippen LogP contribution in [0.5, 0.6) is 0 Å². The number of unbranched alkanes of at least 4 members (excludes halogenated alkanes) is 1. The maximum atomic E-state index is 4.74. The molecule has 28 heavy (non-hydrogen) atoms. The summed E-state index contributed by atoms with van der Waals surface area (Å²) >= 11 is 1.80. The van der Waals surface area contributed by atoms with Crippen LogP contribution in [0, 0.1) is 12.8 Å². The van der Waals surface area contributed by atoms with E-state index in [0.29, 0.717) is 6.54 Å². The first kappa shape index (κ1) is 20.8. The number of aryl methyl sites for hydroxylation is 1. The van der Waals surface area contributed by atoms with Crippen molar-refractivity contribution in [2.24, 2.45) is 18.0 Å². The van der Waals surface area contributed by atoms with Gasteiger partial charge < -0.3 is 15.2 Å². The molecule has 0 radical (unpaired) electrons. The lowest BCUT2D eigenvalue weighted by Gasteiger charge is -2.13. The van der Waals surface area contributed by atoms with Crippen LogP contribution in [0.4, 0.5) is 0 Å². The lowest BCUT2D eigenvalue weighted by Crippen LogP contribution is -2.39. The van der Waals surface area contributed by atoms with E-state index in [1.807, 2.05) is 18.5 Å². The molecule has 1 saturated carbocycles. The molecule has 2 heterocycles. The third-order valence-electron chi connectivity index (χ3n) is 5.61. The van der Waals surface area contributed by atoms with Crippen LogP contribution in [0.2, 0.25) is 0 Å². The summed E-state index contributed by atoms with van der Waals surface area (Å²) < 4.78 is 1.99. The Morgan fingerprint density at radius 3 is 2.75 bits per heavy atom. The topological polar surface area (TPSA) is 67.1 Å². The lowest BCUT2D eigenvalue weighted by molar-refractivity contribution is 0.472. The summed E-state index contributed by atoms with van der Waals surface area (Å²) in [6, 6.07) is 4.29. The van der Waals surface area contributed by atoms with Crippen molar-refractivity contribution in [3.05, 3.63) is 34.0 Å². The number of guanidine groups is 1. The molecule has 1 aliphatic carbocycles. The summed E-state index contributed by atoms with van der Waals surface area (Å²) in [7, 11) is 1.99. The molecule has 2 N–H and O–H groups in total. The Kier molecular flexibility index (Phi) is 8.33. The molecular formula is C21H34N6S. The predicted octanol–water partition coefficient (Wildman–Crippen LogP) is 3.82. The summed E-state index contributed by atoms with van der Waals surface area (Å²) in [5.41, 5.74) is 0. The lowest BCUT2D eigenvalue weighted by atomic mass is 10.0. The van der Waals surface area contributed by atoms with Gasteiger partial charge in [0.1, 0.15) is 12.4 Å². The van der Waals surface area contributed by atoms with E-state index in [2.05, 4.69) is 38.3 Å². The van der Waals surface area contributed by atoms with E-state index < -0.39 is 0 Å². The first-order valence-electron chi connectivity index (χ1n) is 10.6. The maximum Gasteiger partial charge on any atom is 0.191 e. The molecule has 1 fully saturated rings. The molecule has 0 bridgehead atoms. The Morgan fingerprint density at radius 1 is 1.21 bits per heavy atom. The molecule has 0 aromatic carbocycles. The van der Waals surface area contributed by atoms with Gasteiger partial charge in [-0.05, 0) is 37.1 Å². The summed E-state index contributed by atoms with van der Waals surface area (Å²) in [5, 5.41) is 17.4. The van der Waals surface area contributed by atoms with Crippen molar-refractivity contribution in [3.8, 4) is 0 Å². The van der Waals surface area contributed by atoms with Gasteiger partial charge in [-0.3, -0.25) is 0 Å². The molecule has 0 saturated heterocycles. The molecule has 0 spiro atoms. The van der Waals surface area contributed by atoms with E-state index in [1.54, 1.807) is 11.3 Å². The van der Waals surface area contributed by atoms with Crippen molar-refractivity contribution < 1.29 is 0 Å². The number of nitrogens with one attached hydrogen (secondary N) is 2. The zero-order valence-corrected chi connectivity index (χ0v) is 18.1. The zero-order chi connectivity index (χ0) is 19.6. The fourth-order valence-corrected chi connectivity index (χ4v) is 4.44. The normalized spacial score (nSPS) is 15.3. The van der Waals surface area contributed by atoms with E-state index in [9.17, 15) is 0 Å². The van der Waals surface area contributed by atoms with Gasteiger partial charge in [0, 0.05) is 25.0 Å². The minimum absolute atomic E-state index is 0.535. The molecule has 6 nitrogen and oxygen atoms in total. The molecule has 0 unspecified atom stereocenters. The van der Waals surface area contributed by atoms with Gasteiger partial charge in [-0.25, -0.2) is 4.99 Å². The van der Waals surface area contributed by atoms with Gasteiger partial charge in [-0.2, -0.15) is 0 Å². The highest BCUT2D eigenvalue weighted by Crippen LogP contribution is 2.28. The third-order valence-corrected chi connectivity index (χ3v) is 6.55. The maximum absolute atomic E-state index is 4.74. The van der Waals surface area contributed by atoms with Crippen LogP contribution < -0.4 is 10.6 Å². The van der Waals surface area contributed by atoms with E-state index in [1.165, 1.54) is 49.8 Å². The van der Waals surface area contributed by atoms with E-state index in [0.717, 1.165) is 43.0 Å². The van der Waals surface area contributed by atoms with Crippen molar-refractivity contribution in [3.63, 3.8) is 0 Å². The molecule has 7 heteroatoms. The molecule has 2 aromatic rings. The van der Waals surface area contributed by atoms with Gasteiger partial charge in [0.25, 0.3) is 0 Å². The molecule has 3 rings (SSSR count). The second kappa shape index (κ2) is 11.2. The molecule has 0 atom stereocenters. The average Bonchev–Trinajstić information content (AvgIpc) is 3.45. The van der Waals surface area contributed by atoms with Gasteiger partial charge in [0.2, 0.25) is 0 Å². The average molecular weight is 403 g/mol. The van der Waals surface area contributed by atoms with Crippen LogP contribution in [0.25, 0.3) is 0 Å². The number of aromatic nitrogens is 3. The van der Waals surface area contributed by atoms with Gasteiger partial charge in [0.15, 0.2) is 11.8 Å². The van der Waals surface area contributed by atoms with Crippen molar-refractivity contribution >= 4 is 17.3 Å². The third kappa shape index (κ3) is 6.62. The highest BCUT2D eigenvalue weighted by Gasteiger charge is 2.14. The Balaban J connectivity index is 1.44. The Bertz CT molecular complexity index is 715. The van der Waals surface area contributed by atoms with Gasteiger partial charge in [0.05, 0.1) is 0 Å². The molecule has 0 aliphatic heterocycles. The number of hydrogen-bond donors (Lipinski definition) is 2. The van der Waals surface area contributed by atoms with Crippen LogP contribution >= 0.6 is 11.3 Å². The van der Waals surface area contributed by atoms with Crippen LogP contribution in [0.3, 0.4) is 0 Å². The second-order valence-corrected chi connectivity index (χ2v) is 8.75. The predicted molar refractivity (Wildman–Crippen MR) is 117 cm³/mol. The van der Waals surface area contributed by atoms with Crippen molar-refractivity contribution in [1.29, 1.82) is 0 Å². The SMILES string of the molecule is Cc1nnc(CN=C(NCCCCC2CCCC2)NCCc2cccs2)n1C.